The largest absolute Gasteiger partial charge is 0.495 e. The summed E-state index contributed by atoms with van der Waals surface area (Å²) in [6.07, 6.45) is 0.707. The summed E-state index contributed by atoms with van der Waals surface area (Å²) in [7, 11) is -2.86. The summed E-state index contributed by atoms with van der Waals surface area (Å²) < 4.78 is 34.2. The van der Waals surface area contributed by atoms with Crippen molar-refractivity contribution in [1.82, 2.24) is 10.2 Å². The van der Waals surface area contributed by atoms with E-state index in [9.17, 15) is 18.0 Å². The highest BCUT2D eigenvalue weighted by Crippen LogP contribution is 2.35. The number of nitrogens with one attached hydrogen (secondary N) is 1. The lowest BCUT2D eigenvalue weighted by Gasteiger charge is -2.33. The average molecular weight is 607 g/mol. The fraction of sp³-hybridized carbons (Fsp3) is 0.310. The van der Waals surface area contributed by atoms with Crippen LogP contribution in [0.4, 0.5) is 5.69 Å². The van der Waals surface area contributed by atoms with Gasteiger partial charge in [-0.05, 0) is 68.3 Å². The maximum atomic E-state index is 14.0. The van der Waals surface area contributed by atoms with Crippen LogP contribution in [0.2, 0.25) is 10.0 Å². The van der Waals surface area contributed by atoms with E-state index < -0.39 is 28.5 Å². The van der Waals surface area contributed by atoms with Crippen molar-refractivity contribution in [2.45, 2.75) is 50.7 Å². The molecule has 0 spiro atoms. The minimum absolute atomic E-state index is 0.0196. The van der Waals surface area contributed by atoms with Crippen LogP contribution in [0.25, 0.3) is 0 Å². The number of hydrogen-bond donors (Lipinski definition) is 1. The van der Waals surface area contributed by atoms with Crippen LogP contribution >= 0.6 is 23.2 Å². The molecule has 2 amide bonds. The Morgan fingerprint density at radius 3 is 2.25 bits per heavy atom. The second-order valence-electron chi connectivity index (χ2n) is 9.29. The van der Waals surface area contributed by atoms with Gasteiger partial charge in [0.15, 0.2) is 0 Å². The van der Waals surface area contributed by atoms with Crippen molar-refractivity contribution in [2.24, 2.45) is 0 Å². The van der Waals surface area contributed by atoms with Crippen LogP contribution in [0, 0.1) is 0 Å². The number of sulfonamides is 1. The molecule has 0 bridgehead atoms. The first-order chi connectivity index (χ1) is 19.0. The molecule has 2 atom stereocenters. The summed E-state index contributed by atoms with van der Waals surface area (Å²) in [6, 6.07) is 18.2. The molecule has 1 N–H and O–H groups in total. The Bertz CT molecular complexity index is 1440. The molecule has 0 unspecified atom stereocenters. The van der Waals surface area contributed by atoms with E-state index in [-0.39, 0.29) is 39.8 Å². The third-order valence-electron chi connectivity index (χ3n) is 6.43. The number of amides is 2. The highest BCUT2D eigenvalue weighted by molar-refractivity contribution is 7.92. The van der Waals surface area contributed by atoms with E-state index in [0.29, 0.717) is 17.0 Å². The number of benzene rings is 3. The third kappa shape index (κ3) is 7.68. The number of methoxy groups -OCH3 is 1. The molecule has 0 radical (unpaired) electrons. The standard InChI is InChI=1S/C29H33Cl2N3O5S/c1-5-20(2)32-29(36)21(3)33(18-22-10-9-11-23(30)16-22)28(35)19-34(26-17-24(31)14-15-27(26)39-4)40(37,38)25-12-7-6-8-13-25/h6-17,20-21H,5,18-19H2,1-4H3,(H,32,36)/t20-,21+/m0/s1. The number of carbonyl (C=O) groups excluding carboxylic acids is 2. The summed E-state index contributed by atoms with van der Waals surface area (Å²) >= 11 is 12.4. The molecule has 0 fully saturated rings. The minimum atomic E-state index is -4.26. The molecular weight excluding hydrogens is 573 g/mol. The Balaban J connectivity index is 2.08. The van der Waals surface area contributed by atoms with Crippen LogP contribution in [-0.4, -0.2) is 50.9 Å². The summed E-state index contributed by atoms with van der Waals surface area (Å²) in [4.78, 5) is 28.5. The number of halogens is 2. The molecule has 0 aliphatic heterocycles. The number of ether oxygens (including phenoxy) is 1. The lowest BCUT2D eigenvalue weighted by molar-refractivity contribution is -0.139. The molecule has 0 saturated carbocycles. The molecule has 214 valence electrons. The molecule has 8 nitrogen and oxygen atoms in total. The Kier molecular flexibility index (Phi) is 10.8. The van der Waals surface area contributed by atoms with Gasteiger partial charge in [0.1, 0.15) is 18.3 Å². The fourth-order valence-electron chi connectivity index (χ4n) is 3.97. The van der Waals surface area contributed by atoms with E-state index in [0.717, 1.165) is 4.31 Å². The topological polar surface area (TPSA) is 96.0 Å². The Labute approximate surface area is 245 Å². The number of rotatable bonds is 12. The molecule has 0 heterocycles. The first-order valence-corrected chi connectivity index (χ1v) is 14.9. The van der Waals surface area contributed by atoms with Crippen LogP contribution in [0.5, 0.6) is 5.75 Å². The number of carbonyl (C=O) groups is 2. The quantitative estimate of drug-likeness (QED) is 0.293. The smallest absolute Gasteiger partial charge is 0.264 e. The normalized spacial score (nSPS) is 12.8. The van der Waals surface area contributed by atoms with Gasteiger partial charge >= 0.3 is 0 Å². The number of hydrogen-bond acceptors (Lipinski definition) is 5. The molecule has 0 aromatic heterocycles. The van der Waals surface area contributed by atoms with E-state index in [2.05, 4.69) is 5.32 Å². The van der Waals surface area contributed by atoms with Crippen molar-refractivity contribution in [2.75, 3.05) is 18.0 Å². The van der Waals surface area contributed by atoms with Crippen molar-refractivity contribution in [3.63, 3.8) is 0 Å². The van der Waals surface area contributed by atoms with Crippen LogP contribution in [0.15, 0.2) is 77.7 Å². The van der Waals surface area contributed by atoms with Crippen molar-refractivity contribution in [3.05, 3.63) is 88.4 Å². The zero-order valence-electron chi connectivity index (χ0n) is 22.8. The van der Waals surface area contributed by atoms with Crippen LogP contribution in [0.1, 0.15) is 32.8 Å². The third-order valence-corrected chi connectivity index (χ3v) is 8.67. The van der Waals surface area contributed by atoms with Gasteiger partial charge < -0.3 is 15.0 Å². The summed E-state index contributed by atoms with van der Waals surface area (Å²) in [5, 5.41) is 3.63. The van der Waals surface area contributed by atoms with Gasteiger partial charge in [-0.15, -0.1) is 0 Å². The SMILES string of the molecule is CC[C@H](C)NC(=O)[C@@H](C)N(Cc1cccc(Cl)c1)C(=O)CN(c1cc(Cl)ccc1OC)S(=O)(=O)c1ccccc1. The minimum Gasteiger partial charge on any atom is -0.495 e. The molecule has 3 rings (SSSR count). The molecule has 3 aromatic carbocycles. The van der Waals surface area contributed by atoms with Gasteiger partial charge in [-0.3, -0.25) is 13.9 Å². The highest BCUT2D eigenvalue weighted by atomic mass is 35.5. The molecular formula is C29H33Cl2N3O5S. The van der Waals surface area contributed by atoms with Crippen LogP contribution < -0.4 is 14.4 Å². The predicted molar refractivity (Wildman–Crippen MR) is 158 cm³/mol. The molecule has 0 aliphatic rings. The first kappa shape index (κ1) is 31.3. The van der Waals surface area contributed by atoms with Gasteiger partial charge in [0.05, 0.1) is 17.7 Å². The van der Waals surface area contributed by atoms with Crippen molar-refractivity contribution in [1.29, 1.82) is 0 Å². The summed E-state index contributed by atoms with van der Waals surface area (Å²) in [6.45, 7) is 4.83. The van der Waals surface area contributed by atoms with Crippen molar-refractivity contribution in [3.8, 4) is 5.75 Å². The molecule has 3 aromatic rings. The van der Waals surface area contributed by atoms with Crippen molar-refractivity contribution < 1.29 is 22.7 Å². The highest BCUT2D eigenvalue weighted by Gasteiger charge is 2.34. The van der Waals surface area contributed by atoms with Gasteiger partial charge in [0.25, 0.3) is 10.0 Å². The van der Waals surface area contributed by atoms with E-state index >= 15 is 0 Å². The number of nitrogens with zero attached hydrogens (tertiary/aromatic N) is 2. The van der Waals surface area contributed by atoms with E-state index in [1.807, 2.05) is 13.8 Å². The first-order valence-electron chi connectivity index (χ1n) is 12.7. The fourth-order valence-corrected chi connectivity index (χ4v) is 5.79. The van der Waals surface area contributed by atoms with E-state index in [1.54, 1.807) is 55.5 Å². The Hall–Kier alpha value is -3.27. The Morgan fingerprint density at radius 1 is 0.950 bits per heavy atom. The van der Waals surface area contributed by atoms with Gasteiger partial charge in [0, 0.05) is 22.6 Å². The summed E-state index contributed by atoms with van der Waals surface area (Å²) in [5.74, 6) is -0.753. The van der Waals surface area contributed by atoms with Gasteiger partial charge in [-0.25, -0.2) is 8.42 Å². The second-order valence-corrected chi connectivity index (χ2v) is 12.0. The van der Waals surface area contributed by atoms with E-state index in [1.165, 1.54) is 36.3 Å². The van der Waals surface area contributed by atoms with Gasteiger partial charge in [0.2, 0.25) is 11.8 Å². The zero-order chi connectivity index (χ0) is 29.4. The lowest BCUT2D eigenvalue weighted by Crippen LogP contribution is -2.52. The number of anilines is 1. The van der Waals surface area contributed by atoms with Gasteiger partial charge in [-0.2, -0.15) is 0 Å². The van der Waals surface area contributed by atoms with Gasteiger partial charge in [-0.1, -0.05) is 60.5 Å². The van der Waals surface area contributed by atoms with Crippen LogP contribution in [0.3, 0.4) is 0 Å². The monoisotopic (exact) mass is 605 g/mol. The van der Waals surface area contributed by atoms with Crippen molar-refractivity contribution >= 4 is 50.7 Å². The maximum absolute atomic E-state index is 14.0. The zero-order valence-corrected chi connectivity index (χ0v) is 25.1. The molecule has 0 saturated heterocycles. The second kappa shape index (κ2) is 13.9. The van der Waals surface area contributed by atoms with E-state index in [4.69, 9.17) is 27.9 Å². The molecule has 40 heavy (non-hydrogen) atoms. The molecule has 11 heteroatoms. The Morgan fingerprint density at radius 2 is 1.62 bits per heavy atom. The molecule has 0 aliphatic carbocycles. The summed E-state index contributed by atoms with van der Waals surface area (Å²) in [5.41, 5.74) is 0.772. The lowest BCUT2D eigenvalue weighted by atomic mass is 10.1. The van der Waals surface area contributed by atoms with Crippen LogP contribution in [-0.2, 0) is 26.2 Å². The maximum Gasteiger partial charge on any atom is 0.264 e. The average Bonchev–Trinajstić information content (AvgIpc) is 2.94. The predicted octanol–water partition coefficient (Wildman–Crippen LogP) is 5.53.